The minimum Gasteiger partial charge on any atom is -0.167 e. The van der Waals surface area contributed by atoms with E-state index in [2.05, 4.69) is 4.85 Å². The predicted octanol–water partition coefficient (Wildman–Crippen LogP) is 4.70. The molecule has 0 amide bonds. The van der Waals surface area contributed by atoms with Crippen molar-refractivity contribution in [1.82, 2.24) is 0 Å². The highest BCUT2D eigenvalue weighted by Crippen LogP contribution is 2.30. The van der Waals surface area contributed by atoms with Gasteiger partial charge in [-0.3, -0.25) is 0 Å². The van der Waals surface area contributed by atoms with Gasteiger partial charge in [-0.2, -0.15) is 26.3 Å². The van der Waals surface area contributed by atoms with Crippen LogP contribution in [0.4, 0.5) is 32.0 Å². The van der Waals surface area contributed by atoms with E-state index in [1.54, 1.807) is 6.07 Å². The van der Waals surface area contributed by atoms with Gasteiger partial charge in [0, 0.05) is 18.2 Å². The van der Waals surface area contributed by atoms with Crippen LogP contribution in [0.3, 0.4) is 0 Å². The number of hydrogen-bond acceptors (Lipinski definition) is 0. The molecular weight excluding hydrogens is 260 g/mol. The Morgan fingerprint density at radius 3 is 2.00 bits per heavy atom. The van der Waals surface area contributed by atoms with Crippen LogP contribution in [0.1, 0.15) is 0 Å². The van der Waals surface area contributed by atoms with Crippen LogP contribution in [0.2, 0.25) is 0 Å². The predicted molar refractivity (Wildman–Crippen MR) is 53.5 cm³/mol. The van der Waals surface area contributed by atoms with Gasteiger partial charge in [-0.15, -0.1) is 0 Å². The molecule has 0 bridgehead atoms. The minimum absolute atomic E-state index is 0.0785. The second-order valence-corrected chi connectivity index (χ2v) is 3.16. The van der Waals surface area contributed by atoms with Gasteiger partial charge in [-0.1, -0.05) is 18.2 Å². The first-order valence-corrected chi connectivity index (χ1v) is 4.57. The average Bonchev–Trinajstić information content (AvgIpc) is 2.22. The van der Waals surface area contributed by atoms with E-state index in [0.29, 0.717) is 0 Å². The van der Waals surface area contributed by atoms with Crippen molar-refractivity contribution in [3.63, 3.8) is 0 Å². The smallest absolute Gasteiger partial charge is 0.167 e. The molecule has 96 valence electrons. The van der Waals surface area contributed by atoms with Gasteiger partial charge < -0.3 is 0 Å². The zero-order valence-corrected chi connectivity index (χ0v) is 8.68. The maximum Gasteiger partial charge on any atom is 0.430 e. The molecule has 0 heterocycles. The van der Waals surface area contributed by atoms with Gasteiger partial charge in [0.25, 0.3) is 0 Å². The highest BCUT2D eigenvalue weighted by molar-refractivity contribution is 5.48. The Hall–Kier alpha value is -1.97. The highest BCUT2D eigenvalue weighted by Gasteiger charge is 2.41. The van der Waals surface area contributed by atoms with Gasteiger partial charge in [0.15, 0.2) is 5.57 Å². The molecule has 0 aliphatic heterocycles. The topological polar surface area (TPSA) is 4.36 Å². The monoisotopic (exact) mass is 266 g/mol. The van der Waals surface area contributed by atoms with Crippen molar-refractivity contribution in [1.29, 1.82) is 0 Å². The summed E-state index contributed by atoms with van der Waals surface area (Å²) in [6.07, 6.45) is -11.1. The van der Waals surface area contributed by atoms with Crippen LogP contribution in [0.25, 0.3) is 4.85 Å². The fraction of sp³-hybridized carbons (Fsp3) is 0.182. The molecule has 0 saturated heterocycles. The molecule has 0 radical (unpaired) electrons. The van der Waals surface area contributed by atoms with E-state index in [1.807, 2.05) is 0 Å². The van der Waals surface area contributed by atoms with E-state index >= 15 is 0 Å². The summed E-state index contributed by atoms with van der Waals surface area (Å²) in [5.41, 5.74) is -1.89. The molecule has 0 N–H and O–H groups in total. The normalized spacial score (nSPS) is 12.9. The average molecular weight is 266 g/mol. The van der Waals surface area contributed by atoms with Gasteiger partial charge in [0.2, 0.25) is 0 Å². The van der Waals surface area contributed by atoms with Crippen molar-refractivity contribution in [2.75, 3.05) is 0 Å². The zero-order valence-electron chi connectivity index (χ0n) is 8.68. The Bertz CT molecular complexity index is 486. The summed E-state index contributed by atoms with van der Waals surface area (Å²) in [5, 5.41) is 0. The summed E-state index contributed by atoms with van der Waals surface area (Å²) in [6.45, 7) is 0. The Morgan fingerprint density at radius 1 is 1.00 bits per heavy atom. The maximum absolute atomic E-state index is 12.3. The molecule has 0 spiro atoms. The lowest BCUT2D eigenvalue weighted by molar-refractivity contribution is -0.104. The first-order chi connectivity index (χ1) is 8.18. The molecule has 1 nitrogen and oxygen atoms in total. The molecule has 0 saturated carbocycles. The highest BCUT2D eigenvalue weighted by atomic mass is 19.4. The van der Waals surface area contributed by atoms with Crippen LogP contribution in [0, 0.1) is 6.07 Å². The summed E-state index contributed by atoms with van der Waals surface area (Å²) in [7, 11) is 0. The maximum atomic E-state index is 12.3. The van der Waals surface area contributed by atoms with E-state index in [-0.39, 0.29) is 5.69 Å². The number of alkyl halides is 6. The van der Waals surface area contributed by atoms with Gasteiger partial charge in [0.05, 0.1) is 0 Å². The molecule has 0 aromatic heterocycles. The second-order valence-electron chi connectivity index (χ2n) is 3.16. The third-order valence-electron chi connectivity index (χ3n) is 1.68. The summed E-state index contributed by atoms with van der Waals surface area (Å²) >= 11 is 0. The van der Waals surface area contributed by atoms with Gasteiger partial charge in [0.1, 0.15) is 0 Å². The number of benzene rings is 1. The van der Waals surface area contributed by atoms with Gasteiger partial charge >= 0.3 is 24.1 Å². The van der Waals surface area contributed by atoms with Crippen molar-refractivity contribution in [2.24, 2.45) is 0 Å². The Morgan fingerprint density at radius 2 is 1.56 bits per heavy atom. The van der Waals surface area contributed by atoms with Crippen LogP contribution in [0.5, 0.6) is 0 Å². The van der Waals surface area contributed by atoms with Crippen molar-refractivity contribution < 1.29 is 26.3 Å². The molecule has 0 atom stereocenters. The summed E-state index contributed by atoms with van der Waals surface area (Å²) < 4.78 is 72.5. The molecule has 0 fully saturated rings. The molecule has 18 heavy (non-hydrogen) atoms. The fourth-order valence-electron chi connectivity index (χ4n) is 0.968. The number of hydrogen-bond donors (Lipinski definition) is 0. The van der Waals surface area contributed by atoms with Crippen LogP contribution in [-0.2, 0) is 0 Å². The minimum atomic E-state index is -5.16. The molecule has 0 aliphatic rings. The Balaban J connectivity index is 3.10. The van der Waals surface area contributed by atoms with Gasteiger partial charge in [-0.05, 0) is 4.85 Å². The summed E-state index contributed by atoms with van der Waals surface area (Å²) in [5.74, 6) is 0. The van der Waals surface area contributed by atoms with Crippen LogP contribution in [-0.4, -0.2) is 12.4 Å². The number of nitrogens with zero attached hydrogens (tertiary/aromatic N) is 1. The van der Waals surface area contributed by atoms with Crippen molar-refractivity contribution >= 4 is 5.69 Å². The third-order valence-corrected chi connectivity index (χ3v) is 1.68. The SMILES string of the molecule is FC(F)(F)C=C(C#[N+]c1ccccc1)C(F)(F)F. The second kappa shape index (κ2) is 5.12. The number of para-hydroxylation sites is 1. The Labute approximate surface area is 98.2 Å². The largest absolute Gasteiger partial charge is 0.430 e. The van der Waals surface area contributed by atoms with E-state index in [0.717, 1.165) is 0 Å². The number of allylic oxidation sites excluding steroid dienone is 2. The fourth-order valence-corrected chi connectivity index (χ4v) is 0.968. The Kier molecular flexibility index (Phi) is 4.01. The van der Waals surface area contributed by atoms with Crippen LogP contribution in [0.15, 0.2) is 42.0 Å². The lowest BCUT2D eigenvalue weighted by Crippen LogP contribution is -2.14. The first-order valence-electron chi connectivity index (χ1n) is 4.57. The zero-order chi connectivity index (χ0) is 13.8. The molecule has 7 heteroatoms. The molecule has 0 unspecified atom stereocenters. The van der Waals surface area contributed by atoms with Crippen molar-refractivity contribution in [3.8, 4) is 6.07 Å². The summed E-state index contributed by atoms with van der Waals surface area (Å²) in [4.78, 5) is 3.22. The first kappa shape index (κ1) is 14.1. The van der Waals surface area contributed by atoms with E-state index in [1.165, 1.54) is 30.3 Å². The molecular formula is C11H6F6N+. The molecule has 1 aromatic carbocycles. The number of rotatable bonds is 0. The molecule has 0 aliphatic carbocycles. The summed E-state index contributed by atoms with van der Waals surface area (Å²) in [6, 6.07) is 8.62. The molecule has 1 rings (SSSR count). The lowest BCUT2D eigenvalue weighted by Gasteiger charge is -2.03. The van der Waals surface area contributed by atoms with Crippen molar-refractivity contribution in [2.45, 2.75) is 12.4 Å². The van der Waals surface area contributed by atoms with Gasteiger partial charge in [-0.25, -0.2) is 0 Å². The van der Waals surface area contributed by atoms with E-state index < -0.39 is 24.0 Å². The third kappa shape index (κ3) is 4.91. The van der Waals surface area contributed by atoms with E-state index in [9.17, 15) is 26.3 Å². The quantitative estimate of drug-likeness (QED) is 0.473. The number of halogens is 6. The van der Waals surface area contributed by atoms with Crippen molar-refractivity contribution in [3.05, 3.63) is 46.8 Å². The van der Waals surface area contributed by atoms with E-state index in [4.69, 9.17) is 0 Å². The lowest BCUT2D eigenvalue weighted by atomic mass is 10.2. The van der Waals surface area contributed by atoms with Crippen LogP contribution < -0.4 is 0 Å². The van der Waals surface area contributed by atoms with Crippen LogP contribution >= 0.6 is 0 Å². The standard InChI is InChI=1S/C11H6F6N/c12-10(13,14)6-8(11(15,16)17)7-18-9-4-2-1-3-5-9/h1-6H/q+1. The molecule has 1 aromatic rings.